The Bertz CT molecular complexity index is 708. The molecule has 0 spiro atoms. The Kier molecular flexibility index (Phi) is 8.02. The van der Waals surface area contributed by atoms with Crippen molar-refractivity contribution in [3.8, 4) is 0 Å². The molecule has 0 amide bonds. The molecule has 1 aromatic rings. The molecule has 0 saturated carbocycles. The van der Waals surface area contributed by atoms with Crippen molar-refractivity contribution >= 4 is 25.9 Å². The summed E-state index contributed by atoms with van der Waals surface area (Å²) in [7, 11) is 0.666. The molecule has 8 heteroatoms. The van der Waals surface area contributed by atoms with Crippen molar-refractivity contribution in [2.45, 2.75) is 52.4 Å². The van der Waals surface area contributed by atoms with E-state index in [2.05, 4.69) is 44.2 Å². The molecular weight excluding hydrogens is 364 g/mol. The fraction of sp³-hybridized carbons (Fsp3) is 0.526. The number of rotatable bonds is 7. The molecule has 0 atom stereocenters. The minimum absolute atomic E-state index is 0.0510. The average molecular weight is 395 g/mol. The van der Waals surface area contributed by atoms with Gasteiger partial charge in [-0.05, 0) is 23.7 Å². The van der Waals surface area contributed by atoms with Gasteiger partial charge >= 0.3 is 5.97 Å². The highest BCUT2D eigenvalue weighted by Gasteiger charge is 2.40. The van der Waals surface area contributed by atoms with Crippen LogP contribution in [0.2, 0.25) is 18.1 Å². The van der Waals surface area contributed by atoms with E-state index in [-0.39, 0.29) is 17.4 Å². The summed E-state index contributed by atoms with van der Waals surface area (Å²) in [4.78, 5) is 16.8. The number of carbonyl (C=O) groups excluding carboxylic acids is 1. The first-order valence-corrected chi connectivity index (χ1v) is 11.6. The number of hydrogen-bond acceptors (Lipinski definition) is 7. The molecule has 150 valence electrons. The Morgan fingerprint density at radius 3 is 2.30 bits per heavy atom. The number of esters is 1. The van der Waals surface area contributed by atoms with E-state index in [1.807, 2.05) is 12.1 Å². The fourth-order valence-corrected chi connectivity index (χ4v) is 2.42. The van der Waals surface area contributed by atoms with Gasteiger partial charge in [-0.2, -0.15) is 0 Å². The normalized spacial score (nSPS) is 13.2. The lowest BCUT2D eigenvalue weighted by atomic mass is 10.0. The van der Waals surface area contributed by atoms with Gasteiger partial charge < -0.3 is 18.8 Å². The summed E-state index contributed by atoms with van der Waals surface area (Å²) in [6.45, 7) is 12.6. The second-order valence-electron chi connectivity index (χ2n) is 7.52. The second-order valence-corrected chi connectivity index (χ2v) is 12.2. The summed E-state index contributed by atoms with van der Waals surface area (Å²) in [5.41, 5.74) is 1.40. The first-order valence-electron chi connectivity index (χ1n) is 8.66. The number of methoxy groups -OCH3 is 1. The molecule has 0 fully saturated rings. The van der Waals surface area contributed by atoms with Gasteiger partial charge in [-0.15, -0.1) is 0 Å². The zero-order valence-corrected chi connectivity index (χ0v) is 18.5. The van der Waals surface area contributed by atoms with Gasteiger partial charge in [0.2, 0.25) is 5.90 Å². The van der Waals surface area contributed by atoms with Crippen molar-refractivity contribution in [3.05, 3.63) is 35.4 Å². The van der Waals surface area contributed by atoms with Crippen molar-refractivity contribution in [1.29, 1.82) is 0 Å². The molecule has 1 rings (SSSR count). The zero-order chi connectivity index (χ0) is 20.7. The predicted octanol–water partition coefficient (Wildman–Crippen LogP) is 4.08. The van der Waals surface area contributed by atoms with Gasteiger partial charge in [0.15, 0.2) is 5.71 Å². The van der Waals surface area contributed by atoms with Crippen molar-refractivity contribution in [3.63, 3.8) is 0 Å². The summed E-state index contributed by atoms with van der Waals surface area (Å²) >= 11 is 0. The van der Waals surface area contributed by atoms with Crippen molar-refractivity contribution in [1.82, 2.24) is 0 Å². The van der Waals surface area contributed by atoms with E-state index in [1.54, 1.807) is 19.1 Å². The molecule has 0 aliphatic carbocycles. The van der Waals surface area contributed by atoms with Gasteiger partial charge in [-0.1, -0.05) is 55.3 Å². The summed E-state index contributed by atoms with van der Waals surface area (Å²) in [6.07, 6.45) is 0. The van der Waals surface area contributed by atoms with E-state index in [4.69, 9.17) is 18.8 Å². The van der Waals surface area contributed by atoms with Crippen LogP contribution in [0.5, 0.6) is 0 Å². The molecule has 7 nitrogen and oxygen atoms in total. The molecule has 27 heavy (non-hydrogen) atoms. The van der Waals surface area contributed by atoms with E-state index in [1.165, 1.54) is 14.2 Å². The highest BCUT2D eigenvalue weighted by atomic mass is 28.4. The summed E-state index contributed by atoms with van der Waals surface area (Å²) in [5, 5.41) is 7.99. The topological polar surface area (TPSA) is 78.7 Å². The number of nitrogens with zero attached hydrogens (tertiary/aromatic N) is 2. The van der Waals surface area contributed by atoms with Crippen LogP contribution in [0.25, 0.3) is 0 Å². The van der Waals surface area contributed by atoms with E-state index >= 15 is 0 Å². The van der Waals surface area contributed by atoms with Gasteiger partial charge in [0, 0.05) is 12.5 Å². The maximum Gasteiger partial charge on any atom is 0.360 e. The number of ether oxygens (including phenoxy) is 2. The SMILES string of the molecule is CO/N=C(/C(=O)OC)c1ccccc1CO/C(C)=N/O[Si](C)(C)C(C)(C)C. The van der Waals surface area contributed by atoms with Crippen LogP contribution in [0, 0.1) is 0 Å². The molecule has 0 N–H and O–H groups in total. The molecule has 0 aromatic heterocycles. The number of hydrogen-bond donors (Lipinski definition) is 0. The monoisotopic (exact) mass is 394 g/mol. The molecular formula is C19H30N2O5Si. The first kappa shape index (κ1) is 22.7. The van der Waals surface area contributed by atoms with Crippen molar-refractivity contribution < 1.29 is 23.6 Å². The standard InChI is InChI=1S/C19H30N2O5Si/c1-14(20-26-27(7,8)19(2,3)4)25-13-15-11-9-10-12-16(15)17(21-24-6)18(22)23-5/h9-12H,13H2,1-8H3/b20-14+,21-17+. The molecule has 0 radical (unpaired) electrons. The van der Waals surface area contributed by atoms with E-state index < -0.39 is 14.3 Å². The third kappa shape index (κ3) is 6.39. The quantitative estimate of drug-likeness (QED) is 0.229. The van der Waals surface area contributed by atoms with Crippen LogP contribution in [0.1, 0.15) is 38.8 Å². The van der Waals surface area contributed by atoms with Crippen LogP contribution in [-0.2, 0) is 30.2 Å². The van der Waals surface area contributed by atoms with Gasteiger partial charge in [-0.3, -0.25) is 0 Å². The van der Waals surface area contributed by atoms with Crippen molar-refractivity contribution in [2.24, 2.45) is 10.3 Å². The Morgan fingerprint density at radius 1 is 1.11 bits per heavy atom. The minimum atomic E-state index is -2.00. The minimum Gasteiger partial charge on any atom is -0.474 e. The third-order valence-electron chi connectivity index (χ3n) is 4.48. The van der Waals surface area contributed by atoms with Crippen LogP contribution in [0.3, 0.4) is 0 Å². The van der Waals surface area contributed by atoms with E-state index in [0.29, 0.717) is 11.5 Å². The van der Waals surface area contributed by atoms with Crippen LogP contribution >= 0.6 is 0 Å². The predicted molar refractivity (Wildman–Crippen MR) is 108 cm³/mol. The van der Waals surface area contributed by atoms with Crippen LogP contribution in [0.15, 0.2) is 34.6 Å². The van der Waals surface area contributed by atoms with Crippen molar-refractivity contribution in [2.75, 3.05) is 14.2 Å². The van der Waals surface area contributed by atoms with Crippen LogP contribution in [-0.4, -0.2) is 40.1 Å². The number of carbonyl (C=O) groups is 1. The third-order valence-corrected chi connectivity index (χ3v) is 8.64. The summed E-state index contributed by atoms with van der Waals surface area (Å²) < 4.78 is 16.3. The van der Waals surface area contributed by atoms with E-state index in [9.17, 15) is 4.79 Å². The fourth-order valence-electron chi connectivity index (χ4n) is 1.79. The van der Waals surface area contributed by atoms with E-state index in [0.717, 1.165) is 5.56 Å². The van der Waals surface area contributed by atoms with Crippen LogP contribution in [0.4, 0.5) is 0 Å². The summed E-state index contributed by atoms with van der Waals surface area (Å²) in [5.74, 6) is -0.172. The Balaban J connectivity index is 2.94. The van der Waals surface area contributed by atoms with Crippen LogP contribution < -0.4 is 0 Å². The van der Waals surface area contributed by atoms with Gasteiger partial charge in [0.05, 0.1) is 7.11 Å². The van der Waals surface area contributed by atoms with Gasteiger partial charge in [0.1, 0.15) is 13.7 Å². The largest absolute Gasteiger partial charge is 0.474 e. The Morgan fingerprint density at radius 2 is 1.74 bits per heavy atom. The lowest BCUT2D eigenvalue weighted by Crippen LogP contribution is -2.39. The number of oxime groups is 2. The molecule has 0 saturated heterocycles. The van der Waals surface area contributed by atoms with Gasteiger partial charge in [-0.25, -0.2) is 4.79 Å². The summed E-state index contributed by atoms with van der Waals surface area (Å²) in [6, 6.07) is 7.24. The zero-order valence-electron chi connectivity index (χ0n) is 17.5. The average Bonchev–Trinajstić information content (AvgIpc) is 2.61. The smallest absolute Gasteiger partial charge is 0.360 e. The maximum atomic E-state index is 12.0. The Labute approximate surface area is 162 Å². The highest BCUT2D eigenvalue weighted by Crippen LogP contribution is 2.36. The molecule has 0 bridgehead atoms. The lowest BCUT2D eigenvalue weighted by molar-refractivity contribution is -0.132. The molecule has 0 aliphatic heterocycles. The maximum absolute atomic E-state index is 12.0. The second kappa shape index (κ2) is 9.54. The molecule has 0 aliphatic rings. The highest BCUT2D eigenvalue weighted by molar-refractivity contribution is 6.74. The van der Waals surface area contributed by atoms with Gasteiger partial charge in [0.25, 0.3) is 8.32 Å². The molecule has 0 heterocycles. The molecule has 1 aromatic carbocycles. The first-order chi connectivity index (χ1) is 12.5. The number of benzene rings is 1. The lowest BCUT2D eigenvalue weighted by Gasteiger charge is -2.33. The Hall–Kier alpha value is -2.35. The molecule has 0 unspecified atom stereocenters.